The molecule has 0 spiro atoms. The van der Waals surface area contributed by atoms with Gasteiger partial charge in [-0.15, -0.1) is 0 Å². The van der Waals surface area contributed by atoms with Gasteiger partial charge in [0.1, 0.15) is 23.1 Å². The molecule has 0 bridgehead atoms. The molecule has 1 fully saturated rings. The molecule has 0 radical (unpaired) electrons. The van der Waals surface area contributed by atoms with E-state index in [1.54, 1.807) is 36.4 Å². The van der Waals surface area contributed by atoms with Crippen molar-refractivity contribution in [3.8, 4) is 11.5 Å². The molecule has 9 heteroatoms. The third kappa shape index (κ3) is 3.56. The Labute approximate surface area is 197 Å². The third-order valence-electron chi connectivity index (χ3n) is 5.54. The van der Waals surface area contributed by atoms with Gasteiger partial charge in [0.15, 0.2) is 5.13 Å². The number of rotatable bonds is 4. The molecule has 1 saturated heterocycles. The van der Waals surface area contributed by atoms with Gasteiger partial charge < -0.3 is 14.9 Å². The number of aliphatic hydroxyl groups is 1. The first-order valence-corrected chi connectivity index (χ1v) is 11.0. The van der Waals surface area contributed by atoms with Crippen LogP contribution >= 0.6 is 11.3 Å². The van der Waals surface area contributed by atoms with Gasteiger partial charge in [-0.25, -0.2) is 9.37 Å². The lowest BCUT2D eigenvalue weighted by Crippen LogP contribution is -2.29. The minimum absolute atomic E-state index is 0.00367. The monoisotopic (exact) mass is 476 g/mol. The van der Waals surface area contributed by atoms with Crippen LogP contribution in [0.25, 0.3) is 16.0 Å². The predicted octanol–water partition coefficient (Wildman–Crippen LogP) is 4.78. The Bertz CT molecular complexity index is 1480. The number of aromatic hydroxyl groups is 1. The van der Waals surface area contributed by atoms with E-state index in [1.165, 1.54) is 42.3 Å². The van der Waals surface area contributed by atoms with Crippen LogP contribution in [0.4, 0.5) is 9.52 Å². The number of ketones is 1. The highest BCUT2D eigenvalue weighted by molar-refractivity contribution is 7.22. The number of hydrogen-bond acceptors (Lipinski definition) is 7. The van der Waals surface area contributed by atoms with Crippen molar-refractivity contribution in [2.24, 2.45) is 0 Å². The summed E-state index contributed by atoms with van der Waals surface area (Å²) in [6, 6.07) is 15.5. The number of carbonyl (C=O) groups excluding carboxylic acids is 2. The fourth-order valence-corrected chi connectivity index (χ4v) is 4.93. The number of benzene rings is 3. The Kier molecular flexibility index (Phi) is 5.25. The van der Waals surface area contributed by atoms with Crippen molar-refractivity contribution in [2.45, 2.75) is 6.04 Å². The summed E-state index contributed by atoms with van der Waals surface area (Å²) in [7, 11) is 1.48. The van der Waals surface area contributed by atoms with Crippen LogP contribution in [-0.4, -0.2) is 34.0 Å². The molecule has 2 heterocycles. The first-order valence-electron chi connectivity index (χ1n) is 10.2. The Morgan fingerprint density at radius 2 is 1.85 bits per heavy atom. The Hall–Kier alpha value is -4.24. The average molecular weight is 476 g/mol. The van der Waals surface area contributed by atoms with Crippen LogP contribution < -0.4 is 9.64 Å². The number of aliphatic hydroxyl groups excluding tert-OH is 1. The lowest BCUT2D eigenvalue weighted by atomic mass is 9.95. The highest BCUT2D eigenvalue weighted by Crippen LogP contribution is 2.44. The van der Waals surface area contributed by atoms with E-state index in [4.69, 9.17) is 4.74 Å². The van der Waals surface area contributed by atoms with Crippen LogP contribution in [0.5, 0.6) is 11.5 Å². The molecule has 1 unspecified atom stereocenters. The number of hydrogen-bond donors (Lipinski definition) is 2. The van der Waals surface area contributed by atoms with Crippen LogP contribution in [0.3, 0.4) is 0 Å². The molecule has 1 aliphatic rings. The number of Topliss-reactive ketones (excluding diaryl/α,β-unsaturated/α-hetero) is 1. The van der Waals surface area contributed by atoms with E-state index in [-0.39, 0.29) is 22.2 Å². The highest BCUT2D eigenvalue weighted by Gasteiger charge is 2.48. The maximum atomic E-state index is 13.7. The van der Waals surface area contributed by atoms with Crippen molar-refractivity contribution in [1.82, 2.24) is 4.98 Å². The summed E-state index contributed by atoms with van der Waals surface area (Å²) in [5.74, 6) is -2.11. The van der Waals surface area contributed by atoms with Crippen molar-refractivity contribution in [3.05, 3.63) is 89.2 Å². The molecule has 2 N–H and O–H groups in total. The first kappa shape index (κ1) is 21.6. The molecule has 0 aliphatic carbocycles. The maximum absolute atomic E-state index is 13.7. The summed E-state index contributed by atoms with van der Waals surface area (Å²) < 4.78 is 19.4. The second-order valence-corrected chi connectivity index (χ2v) is 8.61. The number of carbonyl (C=O) groups is 2. The van der Waals surface area contributed by atoms with Crippen molar-refractivity contribution < 1.29 is 28.9 Å². The number of methoxy groups -OCH3 is 1. The summed E-state index contributed by atoms with van der Waals surface area (Å²) >= 11 is 1.06. The quantitative estimate of drug-likeness (QED) is 0.250. The Balaban J connectivity index is 1.73. The van der Waals surface area contributed by atoms with E-state index in [9.17, 15) is 24.2 Å². The van der Waals surface area contributed by atoms with Crippen LogP contribution in [0.1, 0.15) is 17.2 Å². The molecule has 7 nitrogen and oxygen atoms in total. The number of thiazole rings is 1. The molecule has 170 valence electrons. The van der Waals surface area contributed by atoms with E-state index in [0.717, 1.165) is 11.3 Å². The number of fused-ring (bicyclic) bond motifs is 1. The highest BCUT2D eigenvalue weighted by atomic mass is 32.1. The minimum Gasteiger partial charge on any atom is -0.508 e. The maximum Gasteiger partial charge on any atom is 0.301 e. The van der Waals surface area contributed by atoms with E-state index < -0.39 is 23.5 Å². The summed E-state index contributed by atoms with van der Waals surface area (Å²) in [6.45, 7) is 0. The number of amides is 1. The third-order valence-corrected chi connectivity index (χ3v) is 6.56. The molecular formula is C25H17FN2O5S. The van der Waals surface area contributed by atoms with E-state index in [2.05, 4.69) is 4.98 Å². The number of ether oxygens (including phenoxy) is 1. The number of anilines is 1. The van der Waals surface area contributed by atoms with E-state index in [0.29, 0.717) is 27.1 Å². The van der Waals surface area contributed by atoms with Gasteiger partial charge in [0.2, 0.25) is 0 Å². The molecule has 3 aromatic carbocycles. The molecule has 4 aromatic rings. The Morgan fingerprint density at radius 1 is 1.09 bits per heavy atom. The lowest BCUT2D eigenvalue weighted by Gasteiger charge is -2.23. The zero-order chi connectivity index (χ0) is 24.0. The van der Waals surface area contributed by atoms with Crippen molar-refractivity contribution in [3.63, 3.8) is 0 Å². The van der Waals surface area contributed by atoms with Gasteiger partial charge >= 0.3 is 5.91 Å². The number of halogens is 1. The van der Waals surface area contributed by atoms with Gasteiger partial charge in [0.05, 0.1) is 28.9 Å². The van der Waals surface area contributed by atoms with Crippen LogP contribution in [0.15, 0.2) is 72.3 Å². The van der Waals surface area contributed by atoms with Gasteiger partial charge in [0.25, 0.3) is 5.78 Å². The second-order valence-electron chi connectivity index (χ2n) is 7.60. The fourth-order valence-electron chi connectivity index (χ4n) is 3.92. The molecule has 34 heavy (non-hydrogen) atoms. The van der Waals surface area contributed by atoms with Crippen LogP contribution in [0, 0.1) is 5.82 Å². The summed E-state index contributed by atoms with van der Waals surface area (Å²) in [5, 5.41) is 21.1. The second kappa shape index (κ2) is 8.27. The molecule has 5 rings (SSSR count). The average Bonchev–Trinajstić information content (AvgIpc) is 3.37. The topological polar surface area (TPSA) is 100.0 Å². The largest absolute Gasteiger partial charge is 0.508 e. The number of phenols is 1. The Morgan fingerprint density at radius 3 is 2.59 bits per heavy atom. The summed E-state index contributed by atoms with van der Waals surface area (Å²) in [6.07, 6.45) is 0. The SMILES string of the molecule is COc1cccc(/C(O)=C2\C(=O)C(=O)N(c3nc4ccc(F)cc4s3)C2c2ccc(O)cc2)c1. The predicted molar refractivity (Wildman–Crippen MR) is 125 cm³/mol. The molecule has 1 aromatic heterocycles. The van der Waals surface area contributed by atoms with E-state index >= 15 is 0 Å². The molecule has 1 atom stereocenters. The van der Waals surface area contributed by atoms with Gasteiger partial charge in [0, 0.05) is 5.56 Å². The fraction of sp³-hybridized carbons (Fsp3) is 0.0800. The molecule has 0 saturated carbocycles. The lowest BCUT2D eigenvalue weighted by molar-refractivity contribution is -0.132. The standard InChI is InChI=1S/C25H17FN2O5S/c1-33-17-4-2-3-14(11-17)22(30)20-21(13-5-8-16(29)9-6-13)28(24(32)23(20)31)25-27-18-10-7-15(26)12-19(18)34-25/h2-12,21,29-30H,1H3/b22-20+. The number of nitrogens with zero attached hydrogens (tertiary/aromatic N) is 2. The van der Waals surface area contributed by atoms with Crippen molar-refractivity contribution in [2.75, 3.05) is 12.0 Å². The number of phenolic OH excluding ortho intramolecular Hbond substituents is 1. The van der Waals surface area contributed by atoms with Gasteiger partial charge in [-0.3, -0.25) is 14.5 Å². The zero-order valence-corrected chi connectivity index (χ0v) is 18.5. The van der Waals surface area contributed by atoms with Crippen molar-refractivity contribution >= 4 is 44.1 Å². The van der Waals surface area contributed by atoms with Crippen LogP contribution in [-0.2, 0) is 9.59 Å². The van der Waals surface area contributed by atoms with Gasteiger partial charge in [-0.1, -0.05) is 35.6 Å². The van der Waals surface area contributed by atoms with Crippen molar-refractivity contribution in [1.29, 1.82) is 0 Å². The molecule has 1 amide bonds. The van der Waals surface area contributed by atoms with Gasteiger partial charge in [-0.2, -0.15) is 0 Å². The molecular weight excluding hydrogens is 459 g/mol. The minimum atomic E-state index is -1.02. The zero-order valence-electron chi connectivity index (χ0n) is 17.7. The molecule has 1 aliphatic heterocycles. The normalized spacial score (nSPS) is 17.5. The van der Waals surface area contributed by atoms with Gasteiger partial charge in [-0.05, 0) is 48.0 Å². The van der Waals surface area contributed by atoms with Crippen LogP contribution in [0.2, 0.25) is 0 Å². The summed E-state index contributed by atoms with van der Waals surface area (Å²) in [4.78, 5) is 32.1. The number of aromatic nitrogens is 1. The van der Waals surface area contributed by atoms with E-state index in [1.807, 2.05) is 0 Å². The smallest absolute Gasteiger partial charge is 0.301 e. The summed E-state index contributed by atoms with van der Waals surface area (Å²) in [5.41, 5.74) is 1.12. The first-order chi connectivity index (χ1) is 16.4.